The van der Waals surface area contributed by atoms with Crippen molar-refractivity contribution in [1.82, 2.24) is 25.6 Å². The zero-order chi connectivity index (χ0) is 21.8. The summed E-state index contributed by atoms with van der Waals surface area (Å²) >= 11 is 18.1. The van der Waals surface area contributed by atoms with Crippen molar-refractivity contribution in [1.29, 1.82) is 0 Å². The highest BCUT2D eigenvalue weighted by atomic mass is 35.5. The van der Waals surface area contributed by atoms with Gasteiger partial charge >= 0.3 is 0 Å². The predicted molar refractivity (Wildman–Crippen MR) is 118 cm³/mol. The Morgan fingerprint density at radius 3 is 2.65 bits per heavy atom. The van der Waals surface area contributed by atoms with Gasteiger partial charge in [0.1, 0.15) is 18.1 Å². The lowest BCUT2D eigenvalue weighted by atomic mass is 10.2. The van der Waals surface area contributed by atoms with Gasteiger partial charge in [0.05, 0.1) is 11.2 Å². The third-order valence-electron chi connectivity index (χ3n) is 4.01. The molecule has 0 aliphatic heterocycles. The van der Waals surface area contributed by atoms with E-state index in [4.69, 9.17) is 39.2 Å². The van der Waals surface area contributed by atoms with Crippen LogP contribution in [0, 0.1) is 0 Å². The second kappa shape index (κ2) is 9.30. The molecule has 2 aromatic heterocycles. The third-order valence-corrected chi connectivity index (χ3v) is 4.77. The number of hydrazone groups is 1. The van der Waals surface area contributed by atoms with Crippen LogP contribution in [0.4, 0.5) is 0 Å². The van der Waals surface area contributed by atoms with Crippen molar-refractivity contribution in [2.45, 2.75) is 6.54 Å². The second-order valence-electron chi connectivity index (χ2n) is 6.28. The number of carbonyl (C=O) groups excluding carboxylic acids is 1. The van der Waals surface area contributed by atoms with Crippen LogP contribution in [0.5, 0.6) is 0 Å². The molecule has 2 heterocycles. The smallest absolute Gasteiger partial charge is 0.263 e. The van der Waals surface area contributed by atoms with E-state index >= 15 is 0 Å². The third kappa shape index (κ3) is 5.29. The van der Waals surface area contributed by atoms with Crippen LogP contribution in [-0.4, -0.2) is 32.3 Å². The van der Waals surface area contributed by atoms with Crippen LogP contribution < -0.4 is 5.43 Å². The molecule has 0 saturated carbocycles. The number of amides is 1. The minimum atomic E-state index is -0.437. The Morgan fingerprint density at radius 2 is 1.87 bits per heavy atom. The number of tetrazole rings is 1. The van der Waals surface area contributed by atoms with Crippen LogP contribution in [0.25, 0.3) is 22.7 Å². The second-order valence-corrected chi connectivity index (χ2v) is 7.56. The average molecular weight is 476 g/mol. The van der Waals surface area contributed by atoms with Gasteiger partial charge in [-0.05, 0) is 47.7 Å². The normalized spacial score (nSPS) is 11.2. The number of carbonyl (C=O) groups is 1. The molecule has 156 valence electrons. The molecule has 1 amide bonds. The van der Waals surface area contributed by atoms with Crippen molar-refractivity contribution < 1.29 is 9.21 Å². The van der Waals surface area contributed by atoms with Crippen molar-refractivity contribution in [2.24, 2.45) is 5.10 Å². The van der Waals surface area contributed by atoms with Crippen LogP contribution in [-0.2, 0) is 11.3 Å². The zero-order valence-electron chi connectivity index (χ0n) is 15.7. The molecule has 0 aliphatic carbocycles. The largest absolute Gasteiger partial charge is 0.455 e. The van der Waals surface area contributed by atoms with E-state index in [2.05, 4.69) is 25.9 Å². The molecule has 8 nitrogen and oxygen atoms in total. The number of hydrogen-bond acceptors (Lipinski definition) is 6. The summed E-state index contributed by atoms with van der Waals surface area (Å²) in [5.74, 6) is 0.890. The van der Waals surface area contributed by atoms with Gasteiger partial charge in [-0.1, -0.05) is 46.9 Å². The summed E-state index contributed by atoms with van der Waals surface area (Å²) in [6, 6.07) is 15.7. The lowest BCUT2D eigenvalue weighted by Crippen LogP contribution is -2.24. The fourth-order valence-electron chi connectivity index (χ4n) is 2.67. The fourth-order valence-corrected chi connectivity index (χ4v) is 3.41. The molecule has 4 aromatic rings. The quantitative estimate of drug-likeness (QED) is 0.322. The Labute approximate surface area is 191 Å². The Hall–Kier alpha value is -3.20. The number of nitrogens with zero attached hydrogens (tertiary/aromatic N) is 5. The van der Waals surface area contributed by atoms with Crippen molar-refractivity contribution in [2.75, 3.05) is 0 Å². The van der Waals surface area contributed by atoms with Crippen molar-refractivity contribution in [3.05, 3.63) is 75.4 Å². The van der Waals surface area contributed by atoms with Crippen molar-refractivity contribution in [3.8, 4) is 22.7 Å². The molecular formula is C20H13Cl3N6O2. The summed E-state index contributed by atoms with van der Waals surface area (Å²) in [6.45, 7) is -0.167. The maximum absolute atomic E-state index is 12.1. The number of nitrogens with one attached hydrogen (secondary N) is 1. The Kier molecular flexibility index (Phi) is 6.31. The number of rotatable bonds is 6. The zero-order valence-corrected chi connectivity index (χ0v) is 17.9. The van der Waals surface area contributed by atoms with E-state index in [1.165, 1.54) is 6.21 Å². The van der Waals surface area contributed by atoms with E-state index in [0.29, 0.717) is 38.0 Å². The van der Waals surface area contributed by atoms with E-state index in [0.717, 1.165) is 10.4 Å². The number of halogens is 3. The predicted octanol–water partition coefficient (Wildman–Crippen LogP) is 4.71. The molecule has 0 atom stereocenters. The number of aromatic nitrogens is 4. The van der Waals surface area contributed by atoms with E-state index in [9.17, 15) is 4.79 Å². The minimum Gasteiger partial charge on any atom is -0.455 e. The molecule has 4 rings (SSSR count). The fraction of sp³-hybridized carbons (Fsp3) is 0.0500. The minimum absolute atomic E-state index is 0.167. The monoisotopic (exact) mass is 474 g/mol. The molecular weight excluding hydrogens is 463 g/mol. The highest BCUT2D eigenvalue weighted by molar-refractivity contribution is 6.35. The van der Waals surface area contributed by atoms with Crippen LogP contribution in [0.2, 0.25) is 15.1 Å². The average Bonchev–Trinajstić information content (AvgIpc) is 3.37. The molecule has 11 heteroatoms. The molecule has 2 aromatic carbocycles. The van der Waals surface area contributed by atoms with Gasteiger partial charge in [0, 0.05) is 21.2 Å². The van der Waals surface area contributed by atoms with Crippen LogP contribution in [0.3, 0.4) is 0 Å². The van der Waals surface area contributed by atoms with Crippen LogP contribution in [0.1, 0.15) is 5.76 Å². The van der Waals surface area contributed by atoms with Gasteiger partial charge in [0.25, 0.3) is 5.91 Å². The Bertz CT molecular complexity index is 1250. The van der Waals surface area contributed by atoms with Gasteiger partial charge in [0.15, 0.2) is 0 Å². The summed E-state index contributed by atoms with van der Waals surface area (Å²) in [4.78, 5) is 13.2. The van der Waals surface area contributed by atoms with Gasteiger partial charge in [0.2, 0.25) is 5.82 Å². The first-order valence-electron chi connectivity index (χ1n) is 8.89. The van der Waals surface area contributed by atoms with Crippen LogP contribution in [0.15, 0.2) is 64.1 Å². The van der Waals surface area contributed by atoms with E-state index in [-0.39, 0.29) is 6.54 Å². The lowest BCUT2D eigenvalue weighted by molar-refractivity contribution is -0.122. The summed E-state index contributed by atoms with van der Waals surface area (Å²) < 4.78 is 5.67. The summed E-state index contributed by atoms with van der Waals surface area (Å²) in [6.07, 6.45) is 1.37. The van der Waals surface area contributed by atoms with Crippen molar-refractivity contribution in [3.63, 3.8) is 0 Å². The van der Waals surface area contributed by atoms with Gasteiger partial charge < -0.3 is 4.42 Å². The molecule has 0 bridgehead atoms. The highest BCUT2D eigenvalue weighted by Crippen LogP contribution is 2.28. The molecule has 0 unspecified atom stereocenters. The first-order chi connectivity index (χ1) is 15.0. The van der Waals surface area contributed by atoms with E-state index in [1.54, 1.807) is 48.5 Å². The maximum atomic E-state index is 12.1. The first kappa shape index (κ1) is 21.0. The Morgan fingerprint density at radius 1 is 1.10 bits per heavy atom. The molecule has 0 spiro atoms. The summed E-state index contributed by atoms with van der Waals surface area (Å²) in [5.41, 5.74) is 3.74. The topological polar surface area (TPSA) is 98.2 Å². The molecule has 0 aliphatic rings. The van der Waals surface area contributed by atoms with Crippen LogP contribution >= 0.6 is 34.8 Å². The first-order valence-corrected chi connectivity index (χ1v) is 10.0. The molecule has 1 N–H and O–H groups in total. The summed E-state index contributed by atoms with van der Waals surface area (Å²) in [7, 11) is 0. The summed E-state index contributed by atoms with van der Waals surface area (Å²) in [5, 5.41) is 17.3. The molecule has 31 heavy (non-hydrogen) atoms. The number of furan rings is 1. The number of hydrogen-bond donors (Lipinski definition) is 1. The number of benzene rings is 2. The van der Waals surface area contributed by atoms with Gasteiger partial charge in [-0.15, -0.1) is 10.2 Å². The van der Waals surface area contributed by atoms with E-state index < -0.39 is 5.91 Å². The van der Waals surface area contributed by atoms with E-state index in [1.807, 2.05) is 6.07 Å². The molecule has 0 fully saturated rings. The van der Waals surface area contributed by atoms with Gasteiger partial charge in [-0.2, -0.15) is 9.90 Å². The SMILES string of the molecule is O=C(Cn1nnc(-c2ccccc2Cl)n1)N/N=C\c1ccc(-c2cc(Cl)cc(Cl)c2)o1. The van der Waals surface area contributed by atoms with Gasteiger partial charge in [-0.25, -0.2) is 5.43 Å². The lowest BCUT2D eigenvalue weighted by Gasteiger charge is -1.99. The van der Waals surface area contributed by atoms with Gasteiger partial charge in [-0.3, -0.25) is 4.79 Å². The Balaban J connectivity index is 1.35. The molecule has 0 radical (unpaired) electrons. The maximum Gasteiger partial charge on any atom is 0.263 e. The molecule has 0 saturated heterocycles. The standard InChI is InChI=1S/C20H13Cl3N6O2/c21-13-7-12(8-14(22)9-13)18-6-5-15(31-18)10-24-25-19(30)11-29-27-20(26-28-29)16-3-1-2-4-17(16)23/h1-10H,11H2,(H,25,30)/b24-10-. The van der Waals surface area contributed by atoms with Crippen molar-refractivity contribution >= 4 is 46.9 Å². The highest BCUT2D eigenvalue weighted by Gasteiger charge is 2.11.